The molecule has 0 aliphatic carbocycles. The minimum atomic E-state index is -3.74. The van der Waals surface area contributed by atoms with E-state index in [9.17, 15) is 13.2 Å². The summed E-state index contributed by atoms with van der Waals surface area (Å²) in [5.41, 5.74) is 0. The highest BCUT2D eigenvalue weighted by molar-refractivity contribution is 7.91. The van der Waals surface area contributed by atoms with Gasteiger partial charge in [-0.15, -0.1) is 0 Å². The predicted molar refractivity (Wildman–Crippen MR) is 65.5 cm³/mol. The number of rotatable bonds is 4. The fraction of sp³-hybridized carbons (Fsp3) is 0.182. The van der Waals surface area contributed by atoms with Gasteiger partial charge in [-0.3, -0.25) is 4.79 Å². The lowest BCUT2D eigenvalue weighted by molar-refractivity contribution is -0.136. The van der Waals surface area contributed by atoms with E-state index in [-0.39, 0.29) is 5.09 Å². The van der Waals surface area contributed by atoms with Crippen molar-refractivity contribution in [2.75, 3.05) is 5.75 Å². The molecular weight excluding hydrogens is 280 g/mol. The average Bonchev–Trinajstić information content (AvgIpc) is 2.70. The third kappa shape index (κ3) is 2.49. The zero-order valence-electron chi connectivity index (χ0n) is 9.09. The maximum absolute atomic E-state index is 11.9. The lowest BCUT2D eigenvalue weighted by atomic mass is 10.2. The van der Waals surface area contributed by atoms with E-state index in [4.69, 9.17) is 21.1 Å². The lowest BCUT2D eigenvalue weighted by Crippen LogP contribution is -2.10. The molecule has 2 aromatic rings. The van der Waals surface area contributed by atoms with Crippen molar-refractivity contribution in [2.24, 2.45) is 0 Å². The summed E-state index contributed by atoms with van der Waals surface area (Å²) in [6.45, 7) is 0. The Morgan fingerprint density at radius 2 is 2.11 bits per heavy atom. The van der Waals surface area contributed by atoms with Crippen LogP contribution in [0.2, 0.25) is 5.02 Å². The maximum atomic E-state index is 11.9. The Morgan fingerprint density at radius 3 is 2.78 bits per heavy atom. The second-order valence-corrected chi connectivity index (χ2v) is 6.16. The Labute approximate surface area is 108 Å². The van der Waals surface area contributed by atoms with Gasteiger partial charge in [-0.1, -0.05) is 11.6 Å². The highest BCUT2D eigenvalue weighted by atomic mass is 35.5. The minimum Gasteiger partial charge on any atom is -0.481 e. The quantitative estimate of drug-likeness (QED) is 0.933. The molecule has 0 amide bonds. The van der Waals surface area contributed by atoms with Crippen LogP contribution in [0.25, 0.3) is 10.8 Å². The predicted octanol–water partition coefficient (Wildman–Crippen LogP) is 2.33. The number of carboxylic acids is 1. The molecule has 0 aliphatic rings. The van der Waals surface area contributed by atoms with Gasteiger partial charge in [-0.2, -0.15) is 0 Å². The van der Waals surface area contributed by atoms with Gasteiger partial charge in [0.05, 0.1) is 12.2 Å². The van der Waals surface area contributed by atoms with Crippen molar-refractivity contribution in [3.63, 3.8) is 0 Å². The van der Waals surface area contributed by atoms with Crippen molar-refractivity contribution in [3.05, 3.63) is 29.5 Å². The fourth-order valence-corrected chi connectivity index (χ4v) is 3.08. The van der Waals surface area contributed by atoms with Crippen LogP contribution in [0.3, 0.4) is 0 Å². The Balaban J connectivity index is 2.45. The largest absolute Gasteiger partial charge is 0.481 e. The molecule has 0 unspecified atom stereocenters. The number of furan rings is 1. The van der Waals surface area contributed by atoms with Gasteiger partial charge in [0, 0.05) is 15.8 Å². The third-order valence-corrected chi connectivity index (χ3v) is 4.25. The summed E-state index contributed by atoms with van der Waals surface area (Å²) in [7, 11) is -3.74. The van der Waals surface area contributed by atoms with Crippen molar-refractivity contribution < 1.29 is 22.7 Å². The van der Waals surface area contributed by atoms with Crippen molar-refractivity contribution >= 4 is 38.2 Å². The van der Waals surface area contributed by atoms with Crippen LogP contribution in [-0.2, 0) is 14.6 Å². The molecule has 7 heteroatoms. The number of aliphatic carboxylic acids is 1. The molecule has 1 aromatic heterocycles. The van der Waals surface area contributed by atoms with E-state index in [2.05, 4.69) is 0 Å². The van der Waals surface area contributed by atoms with Gasteiger partial charge < -0.3 is 9.52 Å². The molecular formula is C11H9ClO5S. The van der Waals surface area contributed by atoms with E-state index in [0.717, 1.165) is 0 Å². The minimum absolute atomic E-state index is 0.213. The van der Waals surface area contributed by atoms with Crippen LogP contribution in [0, 0.1) is 0 Å². The van der Waals surface area contributed by atoms with Crippen LogP contribution in [0.4, 0.5) is 0 Å². The van der Waals surface area contributed by atoms with Crippen LogP contribution in [0.5, 0.6) is 0 Å². The smallest absolute Gasteiger partial charge is 0.304 e. The van der Waals surface area contributed by atoms with Crippen LogP contribution in [-0.4, -0.2) is 25.2 Å². The molecule has 1 N–H and O–H groups in total. The van der Waals surface area contributed by atoms with Crippen molar-refractivity contribution in [3.8, 4) is 0 Å². The summed E-state index contributed by atoms with van der Waals surface area (Å²) < 4.78 is 28.8. The number of benzene rings is 1. The number of hydrogen-bond acceptors (Lipinski definition) is 4. The molecule has 0 spiro atoms. The zero-order valence-corrected chi connectivity index (χ0v) is 10.7. The molecule has 96 valence electrons. The van der Waals surface area contributed by atoms with Crippen LogP contribution in [0.15, 0.2) is 34.0 Å². The first-order valence-electron chi connectivity index (χ1n) is 5.01. The number of carbonyl (C=O) groups is 1. The molecule has 0 aliphatic heterocycles. The van der Waals surface area contributed by atoms with Crippen LogP contribution in [0.1, 0.15) is 6.42 Å². The van der Waals surface area contributed by atoms with Crippen molar-refractivity contribution in [1.29, 1.82) is 0 Å². The molecule has 18 heavy (non-hydrogen) atoms. The molecule has 0 fully saturated rings. The molecule has 0 bridgehead atoms. The average molecular weight is 289 g/mol. The molecule has 0 saturated carbocycles. The Hall–Kier alpha value is -1.53. The third-order valence-electron chi connectivity index (χ3n) is 2.39. The Bertz CT molecular complexity index is 701. The number of sulfone groups is 1. The molecule has 5 nitrogen and oxygen atoms in total. The molecule has 0 atom stereocenters. The second kappa shape index (κ2) is 4.62. The lowest BCUT2D eigenvalue weighted by Gasteiger charge is -1.99. The van der Waals surface area contributed by atoms with Gasteiger partial charge in [-0.05, 0) is 18.2 Å². The van der Waals surface area contributed by atoms with E-state index in [1.807, 2.05) is 0 Å². The zero-order chi connectivity index (χ0) is 13.3. The fourth-order valence-electron chi connectivity index (χ4n) is 1.55. The second-order valence-electron chi connectivity index (χ2n) is 3.72. The van der Waals surface area contributed by atoms with E-state index in [1.165, 1.54) is 12.3 Å². The Morgan fingerprint density at radius 1 is 1.39 bits per heavy atom. The first-order chi connectivity index (χ1) is 8.40. The molecule has 0 saturated heterocycles. The van der Waals surface area contributed by atoms with Crippen molar-refractivity contribution in [2.45, 2.75) is 11.5 Å². The number of carboxylic acid groups (broad SMARTS) is 1. The van der Waals surface area contributed by atoms with E-state index < -0.39 is 28.0 Å². The topological polar surface area (TPSA) is 84.6 Å². The van der Waals surface area contributed by atoms with Gasteiger partial charge in [0.1, 0.15) is 6.26 Å². The van der Waals surface area contributed by atoms with E-state index >= 15 is 0 Å². The summed E-state index contributed by atoms with van der Waals surface area (Å²) in [4.78, 5) is 10.4. The number of fused-ring (bicyclic) bond motifs is 1. The highest BCUT2D eigenvalue weighted by Crippen LogP contribution is 2.28. The number of hydrogen-bond donors (Lipinski definition) is 1. The van der Waals surface area contributed by atoms with Gasteiger partial charge in [0.25, 0.3) is 0 Å². The highest BCUT2D eigenvalue weighted by Gasteiger charge is 2.22. The van der Waals surface area contributed by atoms with Crippen LogP contribution >= 0.6 is 11.6 Å². The standard InChI is InChI=1S/C11H9ClO5S/c12-8-1-2-9-7(5-8)6-17-11(9)18(15,16)4-3-10(13)14/h1-2,5-6H,3-4H2,(H,13,14). The normalized spacial score (nSPS) is 11.8. The summed E-state index contributed by atoms with van der Waals surface area (Å²) in [5, 5.41) is 9.74. The summed E-state index contributed by atoms with van der Waals surface area (Å²) >= 11 is 5.78. The first kappa shape index (κ1) is 12.9. The van der Waals surface area contributed by atoms with Crippen molar-refractivity contribution in [1.82, 2.24) is 0 Å². The SMILES string of the molecule is O=C(O)CCS(=O)(=O)c1occ2cc(Cl)ccc12. The molecule has 1 aromatic carbocycles. The van der Waals surface area contributed by atoms with E-state index in [1.54, 1.807) is 12.1 Å². The monoisotopic (exact) mass is 288 g/mol. The van der Waals surface area contributed by atoms with Gasteiger partial charge in [0.2, 0.25) is 14.9 Å². The summed E-state index contributed by atoms with van der Waals surface area (Å²) in [6.07, 6.45) is 0.826. The Kier molecular flexibility index (Phi) is 3.32. The van der Waals surface area contributed by atoms with Gasteiger partial charge in [-0.25, -0.2) is 8.42 Å². The molecule has 0 radical (unpaired) electrons. The van der Waals surface area contributed by atoms with Crippen LogP contribution < -0.4 is 0 Å². The number of halogens is 1. The maximum Gasteiger partial charge on any atom is 0.304 e. The summed E-state index contributed by atoms with van der Waals surface area (Å²) in [6, 6.07) is 4.67. The van der Waals surface area contributed by atoms with E-state index in [0.29, 0.717) is 15.8 Å². The first-order valence-corrected chi connectivity index (χ1v) is 7.04. The molecule has 2 rings (SSSR count). The summed E-state index contributed by atoms with van der Waals surface area (Å²) in [5.74, 6) is -1.66. The van der Waals surface area contributed by atoms with Gasteiger partial charge >= 0.3 is 5.97 Å². The molecule has 1 heterocycles. The van der Waals surface area contributed by atoms with Gasteiger partial charge in [0.15, 0.2) is 0 Å².